The van der Waals surface area contributed by atoms with Crippen LogP contribution in [0.3, 0.4) is 0 Å². The van der Waals surface area contributed by atoms with Crippen molar-refractivity contribution in [3.05, 3.63) is 67.6 Å². The van der Waals surface area contributed by atoms with Crippen LogP contribution in [0, 0.1) is 6.92 Å². The topological polar surface area (TPSA) is 0 Å². The summed E-state index contributed by atoms with van der Waals surface area (Å²) in [5.41, 5.74) is 0.538. The van der Waals surface area contributed by atoms with Crippen LogP contribution < -0.4 is 10.6 Å². The third-order valence-electron chi connectivity index (χ3n) is 2.47. The van der Waals surface area contributed by atoms with E-state index in [4.69, 9.17) is 0 Å². The van der Waals surface area contributed by atoms with Crippen LogP contribution in [-0.2, 0) is 0 Å². The van der Waals surface area contributed by atoms with Gasteiger partial charge >= 0.3 is 0 Å². The highest BCUT2D eigenvalue weighted by molar-refractivity contribution is 7.52. The third-order valence-corrected chi connectivity index (χ3v) is 5.60. The average Bonchev–Trinajstić information content (AvgIpc) is 2.39. The Morgan fingerprint density at radius 1 is 0.824 bits per heavy atom. The first-order valence-electron chi connectivity index (χ1n) is 5.78. The van der Waals surface area contributed by atoms with E-state index < -0.39 is 0 Å². The molecule has 0 aliphatic heterocycles. The van der Waals surface area contributed by atoms with Crippen LogP contribution in [0.1, 0.15) is 0 Å². The number of benzene rings is 2. The molecule has 1 radical (unpaired) electrons. The van der Waals surface area contributed by atoms with E-state index in [9.17, 15) is 0 Å². The van der Waals surface area contributed by atoms with Crippen LogP contribution in [0.2, 0.25) is 0 Å². The molecule has 0 aromatic heterocycles. The van der Waals surface area contributed by atoms with Crippen LogP contribution in [-0.4, -0.2) is 11.8 Å². The van der Waals surface area contributed by atoms with E-state index in [0.717, 1.165) is 17.2 Å². The van der Waals surface area contributed by atoms with Crippen LogP contribution >= 0.6 is 17.2 Å². The van der Waals surface area contributed by atoms with Crippen LogP contribution in [0.25, 0.3) is 0 Å². The summed E-state index contributed by atoms with van der Waals surface area (Å²) in [5.74, 6) is 0. The molecule has 2 aromatic carbocycles. The molecular formula is C15H17P2. The fourth-order valence-electron chi connectivity index (χ4n) is 1.62. The molecule has 0 spiro atoms. The Kier molecular flexibility index (Phi) is 5.17. The molecule has 2 heteroatoms. The van der Waals surface area contributed by atoms with E-state index >= 15 is 0 Å². The van der Waals surface area contributed by atoms with Gasteiger partial charge in [0.05, 0.1) is 0 Å². The van der Waals surface area contributed by atoms with Gasteiger partial charge in [0, 0.05) is 0 Å². The maximum Gasteiger partial charge on any atom is -0.0156 e. The van der Waals surface area contributed by atoms with Crippen molar-refractivity contribution >= 4 is 27.8 Å². The van der Waals surface area contributed by atoms with Crippen LogP contribution in [0.4, 0.5) is 0 Å². The summed E-state index contributed by atoms with van der Waals surface area (Å²) in [7, 11) is 1.71. The molecule has 0 saturated heterocycles. The fourth-order valence-corrected chi connectivity index (χ4v) is 4.10. The zero-order valence-electron chi connectivity index (χ0n) is 9.77. The van der Waals surface area contributed by atoms with Crippen molar-refractivity contribution in [2.24, 2.45) is 0 Å². The Morgan fingerprint density at radius 3 is 1.94 bits per heavy atom. The summed E-state index contributed by atoms with van der Waals surface area (Å²) < 4.78 is 0. The fraction of sp³-hybridized carbons (Fsp3) is 0.133. The first kappa shape index (κ1) is 12.7. The van der Waals surface area contributed by atoms with Crippen molar-refractivity contribution < 1.29 is 0 Å². The summed E-state index contributed by atoms with van der Waals surface area (Å²) in [6.45, 7) is 4.27. The first-order chi connectivity index (χ1) is 8.34. The highest BCUT2D eigenvalue weighted by atomic mass is 31.1. The molecule has 2 aromatic rings. The predicted octanol–water partition coefficient (Wildman–Crippen LogP) is 3.20. The summed E-state index contributed by atoms with van der Waals surface area (Å²) in [5, 5.41) is 2.87. The molecule has 0 fully saturated rings. The lowest BCUT2D eigenvalue weighted by molar-refractivity contribution is 1.26. The summed E-state index contributed by atoms with van der Waals surface area (Å²) in [6.07, 6.45) is 1.19. The minimum atomic E-state index is 0.538. The van der Waals surface area contributed by atoms with Gasteiger partial charge < -0.3 is 0 Å². The summed E-state index contributed by atoms with van der Waals surface area (Å²) >= 11 is 0. The summed E-state index contributed by atoms with van der Waals surface area (Å²) in [4.78, 5) is 0. The Labute approximate surface area is 107 Å². The maximum absolute atomic E-state index is 4.27. The van der Waals surface area contributed by atoms with Crippen molar-refractivity contribution in [3.8, 4) is 0 Å². The van der Waals surface area contributed by atoms with Gasteiger partial charge in [-0.25, -0.2) is 0 Å². The first-order valence-corrected chi connectivity index (χ1v) is 8.06. The summed E-state index contributed by atoms with van der Waals surface area (Å²) in [6, 6.07) is 21.4. The maximum atomic E-state index is 4.27. The van der Waals surface area contributed by atoms with Crippen molar-refractivity contribution in [1.29, 1.82) is 0 Å². The van der Waals surface area contributed by atoms with Crippen molar-refractivity contribution in [1.82, 2.24) is 0 Å². The smallest absolute Gasteiger partial charge is 0.0156 e. The molecule has 0 saturated carbocycles. The molecule has 3 unspecified atom stereocenters. The molecule has 0 bridgehead atoms. The van der Waals surface area contributed by atoms with Gasteiger partial charge in [0.15, 0.2) is 0 Å². The molecule has 17 heavy (non-hydrogen) atoms. The van der Waals surface area contributed by atoms with Gasteiger partial charge in [-0.2, -0.15) is 0 Å². The molecule has 87 valence electrons. The number of hydrogen-bond donors (Lipinski definition) is 0. The molecule has 3 atom stereocenters. The predicted molar refractivity (Wildman–Crippen MR) is 82.8 cm³/mol. The van der Waals surface area contributed by atoms with E-state index in [1.165, 1.54) is 16.8 Å². The molecule has 0 nitrogen and oxygen atoms in total. The number of hydrogen-bond acceptors (Lipinski definition) is 0. The van der Waals surface area contributed by atoms with E-state index in [1.807, 2.05) is 0 Å². The molecule has 0 amide bonds. The van der Waals surface area contributed by atoms with Gasteiger partial charge in [-0.3, -0.25) is 0 Å². The second-order valence-corrected chi connectivity index (χ2v) is 6.98. The van der Waals surface area contributed by atoms with E-state index in [1.54, 1.807) is 0 Å². The van der Waals surface area contributed by atoms with Gasteiger partial charge in [0.2, 0.25) is 0 Å². The normalized spacial score (nSPS) is 13.7. The largest absolute Gasteiger partial charge is 0.0898 e. The molecule has 0 aliphatic carbocycles. The van der Waals surface area contributed by atoms with Crippen LogP contribution in [0.15, 0.2) is 60.7 Å². The molecule has 0 heterocycles. The molecule has 2 rings (SSSR count). The SMILES string of the molecule is [CH2]C(CPc1ccccc1)Pc1ccccc1. The standard InChI is InChI=1S/C15H17P2/c1-13(17-15-10-6-3-7-11-15)12-16-14-8-4-2-5-9-14/h2-11,13,16-17H,1,12H2. The Balaban J connectivity index is 1.80. The zero-order chi connectivity index (χ0) is 11.9. The van der Waals surface area contributed by atoms with Crippen molar-refractivity contribution in [2.45, 2.75) is 5.66 Å². The Bertz CT molecular complexity index is 425. The molecule has 0 N–H and O–H groups in total. The average molecular weight is 259 g/mol. The Morgan fingerprint density at radius 2 is 1.35 bits per heavy atom. The zero-order valence-corrected chi connectivity index (χ0v) is 11.8. The van der Waals surface area contributed by atoms with Crippen molar-refractivity contribution in [3.63, 3.8) is 0 Å². The lowest BCUT2D eigenvalue weighted by Gasteiger charge is -2.11. The lowest BCUT2D eigenvalue weighted by atomic mass is 10.4. The highest BCUT2D eigenvalue weighted by Gasteiger charge is 2.03. The minimum absolute atomic E-state index is 0.538. The highest BCUT2D eigenvalue weighted by Crippen LogP contribution is 2.24. The van der Waals surface area contributed by atoms with Gasteiger partial charge in [-0.1, -0.05) is 77.8 Å². The van der Waals surface area contributed by atoms with Gasteiger partial charge in [0.25, 0.3) is 0 Å². The minimum Gasteiger partial charge on any atom is -0.0898 e. The van der Waals surface area contributed by atoms with Crippen molar-refractivity contribution in [2.75, 3.05) is 6.16 Å². The van der Waals surface area contributed by atoms with E-state index in [0.29, 0.717) is 5.66 Å². The molecular weight excluding hydrogens is 242 g/mol. The van der Waals surface area contributed by atoms with Gasteiger partial charge in [-0.15, -0.1) is 0 Å². The number of rotatable bonds is 5. The van der Waals surface area contributed by atoms with E-state index in [2.05, 4.69) is 67.6 Å². The van der Waals surface area contributed by atoms with Gasteiger partial charge in [0.1, 0.15) is 0 Å². The van der Waals surface area contributed by atoms with E-state index in [-0.39, 0.29) is 0 Å². The second-order valence-electron chi connectivity index (χ2n) is 3.95. The monoisotopic (exact) mass is 259 g/mol. The third kappa shape index (κ3) is 4.58. The van der Waals surface area contributed by atoms with Gasteiger partial charge in [-0.05, 0) is 29.4 Å². The molecule has 0 aliphatic rings. The quantitative estimate of drug-likeness (QED) is 0.723. The Hall–Kier alpha value is -0.700. The second kappa shape index (κ2) is 6.90. The van der Waals surface area contributed by atoms with Crippen LogP contribution in [0.5, 0.6) is 0 Å². The lowest BCUT2D eigenvalue weighted by Crippen LogP contribution is -2.07.